The van der Waals surface area contributed by atoms with Crippen LogP contribution in [-0.2, 0) is 17.6 Å². The number of hydrogen-bond acceptors (Lipinski definition) is 2. The lowest BCUT2D eigenvalue weighted by atomic mass is 10.0. The molecule has 1 fully saturated rings. The normalized spacial score (nSPS) is 14.2. The molecule has 1 aromatic carbocycles. The van der Waals surface area contributed by atoms with Gasteiger partial charge < -0.3 is 10.2 Å². The van der Waals surface area contributed by atoms with E-state index >= 15 is 0 Å². The molecule has 0 bridgehead atoms. The molecule has 3 heteroatoms. The Morgan fingerprint density at radius 2 is 1.80 bits per heavy atom. The molecule has 0 saturated heterocycles. The molecule has 0 aliphatic heterocycles. The Bertz CT molecular complexity index is 444. The Kier molecular flexibility index (Phi) is 5.05. The van der Waals surface area contributed by atoms with Gasteiger partial charge in [0.1, 0.15) is 0 Å². The summed E-state index contributed by atoms with van der Waals surface area (Å²) in [7, 11) is 0. The summed E-state index contributed by atoms with van der Waals surface area (Å²) in [5.41, 5.74) is 3.76. The third-order valence-electron chi connectivity index (χ3n) is 4.06. The zero-order valence-electron chi connectivity index (χ0n) is 12.9. The predicted octanol–water partition coefficient (Wildman–Crippen LogP) is 3.23. The first-order valence-corrected chi connectivity index (χ1v) is 7.85. The number of hydrogen-bond donors (Lipinski definition) is 1. The minimum absolute atomic E-state index is 0.225. The van der Waals surface area contributed by atoms with E-state index in [1.807, 2.05) is 4.90 Å². The van der Waals surface area contributed by atoms with E-state index in [-0.39, 0.29) is 5.91 Å². The second-order valence-corrected chi connectivity index (χ2v) is 5.42. The summed E-state index contributed by atoms with van der Waals surface area (Å²) in [6.45, 7) is 7.61. The van der Waals surface area contributed by atoms with Gasteiger partial charge in [-0.1, -0.05) is 32.0 Å². The summed E-state index contributed by atoms with van der Waals surface area (Å²) >= 11 is 0. The first-order chi connectivity index (χ1) is 9.71. The fraction of sp³-hybridized carbons (Fsp3) is 0.588. The molecule has 0 spiro atoms. The number of rotatable bonds is 7. The molecule has 110 valence electrons. The first-order valence-electron chi connectivity index (χ1n) is 7.85. The van der Waals surface area contributed by atoms with Crippen LogP contribution < -0.4 is 5.32 Å². The van der Waals surface area contributed by atoms with Gasteiger partial charge >= 0.3 is 0 Å². The molecule has 1 aliphatic carbocycles. The second-order valence-electron chi connectivity index (χ2n) is 5.42. The molecule has 1 aromatic rings. The summed E-state index contributed by atoms with van der Waals surface area (Å²) in [6, 6.07) is 6.89. The molecule has 0 radical (unpaired) electrons. The highest BCUT2D eigenvalue weighted by Gasteiger charge is 2.31. The average molecular weight is 274 g/mol. The van der Waals surface area contributed by atoms with Crippen LogP contribution in [0.2, 0.25) is 0 Å². The van der Waals surface area contributed by atoms with Gasteiger partial charge in [-0.2, -0.15) is 0 Å². The number of carbonyl (C=O) groups excluding carboxylic acids is 1. The molecule has 1 saturated carbocycles. The van der Waals surface area contributed by atoms with Crippen LogP contribution in [0.3, 0.4) is 0 Å². The minimum atomic E-state index is 0.225. The quantitative estimate of drug-likeness (QED) is 0.828. The molecule has 2 rings (SSSR count). The maximum atomic E-state index is 12.3. The number of aryl methyl sites for hydroxylation is 2. The summed E-state index contributed by atoms with van der Waals surface area (Å²) in [5, 5.41) is 3.39. The van der Waals surface area contributed by atoms with Crippen molar-refractivity contribution in [3.05, 3.63) is 29.3 Å². The molecule has 1 amide bonds. The van der Waals surface area contributed by atoms with Crippen LogP contribution in [0, 0.1) is 0 Å². The van der Waals surface area contributed by atoms with Gasteiger partial charge in [0, 0.05) is 18.3 Å². The van der Waals surface area contributed by atoms with Crippen molar-refractivity contribution in [2.45, 2.75) is 52.5 Å². The molecule has 3 nitrogen and oxygen atoms in total. The van der Waals surface area contributed by atoms with Crippen molar-refractivity contribution >= 4 is 11.6 Å². The van der Waals surface area contributed by atoms with Crippen molar-refractivity contribution in [3.8, 4) is 0 Å². The second kappa shape index (κ2) is 6.78. The topological polar surface area (TPSA) is 32.3 Å². The monoisotopic (exact) mass is 274 g/mol. The lowest BCUT2D eigenvalue weighted by molar-refractivity contribution is -0.129. The van der Waals surface area contributed by atoms with Crippen LogP contribution in [0.15, 0.2) is 18.2 Å². The summed E-state index contributed by atoms with van der Waals surface area (Å²) in [5.74, 6) is 0.225. The van der Waals surface area contributed by atoms with Crippen molar-refractivity contribution in [2.75, 3.05) is 18.4 Å². The van der Waals surface area contributed by atoms with Crippen LogP contribution >= 0.6 is 0 Å². The van der Waals surface area contributed by atoms with E-state index in [1.165, 1.54) is 24.0 Å². The number of para-hydroxylation sites is 1. The van der Waals surface area contributed by atoms with E-state index in [0.717, 1.165) is 25.1 Å². The summed E-state index contributed by atoms with van der Waals surface area (Å²) in [4.78, 5) is 14.3. The van der Waals surface area contributed by atoms with Crippen molar-refractivity contribution in [2.24, 2.45) is 0 Å². The van der Waals surface area contributed by atoms with Crippen molar-refractivity contribution in [3.63, 3.8) is 0 Å². The molecule has 0 heterocycles. The first kappa shape index (κ1) is 14.9. The largest absolute Gasteiger partial charge is 0.376 e. The van der Waals surface area contributed by atoms with Gasteiger partial charge in [0.15, 0.2) is 0 Å². The maximum absolute atomic E-state index is 12.3. The Labute approximate surface area is 122 Å². The molecule has 20 heavy (non-hydrogen) atoms. The van der Waals surface area contributed by atoms with Gasteiger partial charge in [-0.3, -0.25) is 4.79 Å². The molecular formula is C17H26N2O. The molecule has 1 N–H and O–H groups in total. The number of carbonyl (C=O) groups is 1. The van der Waals surface area contributed by atoms with E-state index in [2.05, 4.69) is 44.3 Å². The Balaban J connectivity index is 2.04. The number of benzene rings is 1. The van der Waals surface area contributed by atoms with Crippen molar-refractivity contribution < 1.29 is 4.79 Å². The summed E-state index contributed by atoms with van der Waals surface area (Å²) < 4.78 is 0. The maximum Gasteiger partial charge on any atom is 0.242 e. The van der Waals surface area contributed by atoms with E-state index in [0.29, 0.717) is 12.6 Å². The van der Waals surface area contributed by atoms with Gasteiger partial charge in [0.2, 0.25) is 5.91 Å². The number of amides is 1. The Morgan fingerprint density at radius 1 is 1.20 bits per heavy atom. The number of likely N-dealkylation sites (N-methyl/N-ethyl adjacent to an activating group) is 1. The molecule has 0 atom stereocenters. The number of anilines is 1. The predicted molar refractivity (Wildman–Crippen MR) is 84.1 cm³/mol. The fourth-order valence-corrected chi connectivity index (χ4v) is 2.76. The highest BCUT2D eigenvalue weighted by atomic mass is 16.2. The van der Waals surface area contributed by atoms with E-state index in [4.69, 9.17) is 0 Å². The highest BCUT2D eigenvalue weighted by Crippen LogP contribution is 2.27. The van der Waals surface area contributed by atoms with Gasteiger partial charge in [-0.05, 0) is 43.7 Å². The van der Waals surface area contributed by atoms with Crippen LogP contribution in [0.4, 0.5) is 5.69 Å². The Morgan fingerprint density at radius 3 is 2.25 bits per heavy atom. The molecule has 1 aliphatic rings. The van der Waals surface area contributed by atoms with E-state index in [1.54, 1.807) is 0 Å². The lowest BCUT2D eigenvalue weighted by Gasteiger charge is -2.22. The zero-order chi connectivity index (χ0) is 14.5. The Hall–Kier alpha value is -1.51. The third-order valence-corrected chi connectivity index (χ3v) is 4.06. The molecule has 0 aromatic heterocycles. The molecular weight excluding hydrogens is 248 g/mol. The van der Waals surface area contributed by atoms with Crippen LogP contribution in [0.25, 0.3) is 0 Å². The number of nitrogens with zero attached hydrogens (tertiary/aromatic N) is 1. The fourth-order valence-electron chi connectivity index (χ4n) is 2.76. The van der Waals surface area contributed by atoms with Crippen LogP contribution in [0.1, 0.15) is 44.7 Å². The standard InChI is InChI=1S/C17H26N2O/c1-4-13-8-7-9-14(5-2)17(13)18-12-16(20)19(6-3)15-10-11-15/h7-9,15,18H,4-6,10-12H2,1-3H3. The van der Waals surface area contributed by atoms with Gasteiger partial charge in [-0.15, -0.1) is 0 Å². The SMILES string of the molecule is CCc1cccc(CC)c1NCC(=O)N(CC)C1CC1. The van der Waals surface area contributed by atoms with Gasteiger partial charge in [0.05, 0.1) is 6.54 Å². The van der Waals surface area contributed by atoms with E-state index < -0.39 is 0 Å². The smallest absolute Gasteiger partial charge is 0.242 e. The summed E-state index contributed by atoms with van der Waals surface area (Å²) in [6.07, 6.45) is 4.33. The van der Waals surface area contributed by atoms with Crippen LogP contribution in [-0.4, -0.2) is 29.9 Å². The minimum Gasteiger partial charge on any atom is -0.376 e. The lowest BCUT2D eigenvalue weighted by Crippen LogP contribution is -2.37. The molecule has 0 unspecified atom stereocenters. The van der Waals surface area contributed by atoms with Gasteiger partial charge in [0.25, 0.3) is 0 Å². The van der Waals surface area contributed by atoms with Crippen molar-refractivity contribution in [1.29, 1.82) is 0 Å². The zero-order valence-corrected chi connectivity index (χ0v) is 12.9. The van der Waals surface area contributed by atoms with Crippen molar-refractivity contribution in [1.82, 2.24) is 4.90 Å². The van der Waals surface area contributed by atoms with Gasteiger partial charge in [-0.25, -0.2) is 0 Å². The highest BCUT2D eigenvalue weighted by molar-refractivity contribution is 5.82. The number of nitrogens with one attached hydrogen (secondary N) is 1. The van der Waals surface area contributed by atoms with E-state index in [9.17, 15) is 4.79 Å². The van der Waals surface area contributed by atoms with Crippen LogP contribution in [0.5, 0.6) is 0 Å². The third kappa shape index (κ3) is 3.33. The average Bonchev–Trinajstić information content (AvgIpc) is 3.30.